The third-order valence-corrected chi connectivity index (χ3v) is 6.30. The molecule has 0 spiro atoms. The van der Waals surface area contributed by atoms with Crippen LogP contribution in [0.5, 0.6) is 0 Å². The molecular formula is C24H31N3O2. The van der Waals surface area contributed by atoms with Gasteiger partial charge in [0, 0.05) is 17.3 Å². The number of piperidine rings is 1. The number of anilines is 1. The molecule has 0 atom stereocenters. The van der Waals surface area contributed by atoms with Crippen molar-refractivity contribution in [1.82, 2.24) is 10.1 Å². The van der Waals surface area contributed by atoms with E-state index in [1.807, 2.05) is 0 Å². The van der Waals surface area contributed by atoms with Gasteiger partial charge in [-0.25, -0.2) is 0 Å². The maximum atomic E-state index is 12.7. The van der Waals surface area contributed by atoms with Crippen LogP contribution in [-0.2, 0) is 0 Å². The maximum Gasteiger partial charge on any atom is 0.277 e. The maximum absolute atomic E-state index is 12.7. The molecule has 0 radical (unpaired) electrons. The standard InChI is InChI=1S/C24H31N3O2/c1-3-27-13-11-18(12-14-27)20-9-10-22(21(16-20)19-7-5-4-6-8-19)25-24(28)23-15-17(2)29-26-23/h7,9-10,15-16,18H,3-6,8,11-14H2,1-2H3,(H,25,28). The predicted octanol–water partition coefficient (Wildman–Crippen LogP) is 5.39. The lowest BCUT2D eigenvalue weighted by Gasteiger charge is -2.31. The molecule has 154 valence electrons. The number of likely N-dealkylation sites (tertiary alicyclic amines) is 1. The van der Waals surface area contributed by atoms with E-state index >= 15 is 0 Å². The minimum Gasteiger partial charge on any atom is -0.361 e. The molecule has 0 unspecified atom stereocenters. The van der Waals surface area contributed by atoms with E-state index in [9.17, 15) is 4.79 Å². The van der Waals surface area contributed by atoms with Crippen LogP contribution in [0.3, 0.4) is 0 Å². The van der Waals surface area contributed by atoms with Crippen LogP contribution in [0.2, 0.25) is 0 Å². The molecule has 5 heteroatoms. The first kappa shape index (κ1) is 19.9. The monoisotopic (exact) mass is 393 g/mol. The molecule has 1 fully saturated rings. The summed E-state index contributed by atoms with van der Waals surface area (Å²) < 4.78 is 5.06. The minimum absolute atomic E-state index is 0.219. The number of rotatable bonds is 5. The Hall–Kier alpha value is -2.40. The third kappa shape index (κ3) is 4.61. The zero-order valence-corrected chi connectivity index (χ0v) is 17.5. The van der Waals surface area contributed by atoms with Crippen molar-refractivity contribution in [1.29, 1.82) is 0 Å². The predicted molar refractivity (Wildman–Crippen MR) is 116 cm³/mol. The number of aromatic nitrogens is 1. The van der Waals surface area contributed by atoms with Crippen LogP contribution in [0.15, 0.2) is 34.9 Å². The fourth-order valence-corrected chi connectivity index (χ4v) is 4.52. The number of hydrogen-bond donors (Lipinski definition) is 1. The van der Waals surface area contributed by atoms with Gasteiger partial charge in [0.15, 0.2) is 5.69 Å². The fraction of sp³-hybridized carbons (Fsp3) is 0.500. The number of carbonyl (C=O) groups excluding carboxylic acids is 1. The molecule has 2 aliphatic rings. The summed E-state index contributed by atoms with van der Waals surface area (Å²) in [6, 6.07) is 8.28. The first-order valence-corrected chi connectivity index (χ1v) is 10.9. The van der Waals surface area contributed by atoms with E-state index in [0.717, 1.165) is 25.1 Å². The van der Waals surface area contributed by atoms with Gasteiger partial charge >= 0.3 is 0 Å². The fourth-order valence-electron chi connectivity index (χ4n) is 4.52. The number of allylic oxidation sites excluding steroid dienone is 2. The third-order valence-electron chi connectivity index (χ3n) is 6.30. The zero-order chi connectivity index (χ0) is 20.2. The second-order valence-electron chi connectivity index (χ2n) is 8.27. The van der Waals surface area contributed by atoms with Crippen molar-refractivity contribution in [3.63, 3.8) is 0 Å². The highest BCUT2D eigenvalue weighted by atomic mass is 16.5. The molecule has 2 aromatic rings. The first-order chi connectivity index (χ1) is 14.1. The smallest absolute Gasteiger partial charge is 0.277 e. The van der Waals surface area contributed by atoms with Gasteiger partial charge in [-0.2, -0.15) is 0 Å². The molecule has 1 aliphatic carbocycles. The summed E-state index contributed by atoms with van der Waals surface area (Å²) in [5.74, 6) is 1.02. The zero-order valence-electron chi connectivity index (χ0n) is 17.5. The summed E-state index contributed by atoms with van der Waals surface area (Å²) in [6.45, 7) is 7.51. The molecule has 1 N–H and O–H groups in total. The van der Waals surface area contributed by atoms with E-state index in [0.29, 0.717) is 17.4 Å². The molecule has 1 saturated heterocycles. The van der Waals surface area contributed by atoms with Crippen LogP contribution in [0.25, 0.3) is 5.57 Å². The van der Waals surface area contributed by atoms with Crippen molar-refractivity contribution in [2.75, 3.05) is 25.0 Å². The molecule has 29 heavy (non-hydrogen) atoms. The molecular weight excluding hydrogens is 362 g/mol. The minimum atomic E-state index is -0.219. The van der Waals surface area contributed by atoms with Crippen molar-refractivity contribution < 1.29 is 9.32 Å². The molecule has 0 saturated carbocycles. The van der Waals surface area contributed by atoms with E-state index in [1.54, 1.807) is 13.0 Å². The summed E-state index contributed by atoms with van der Waals surface area (Å²) in [5, 5.41) is 6.93. The molecule has 1 aliphatic heterocycles. The Balaban J connectivity index is 1.60. The van der Waals surface area contributed by atoms with E-state index in [4.69, 9.17) is 4.52 Å². The normalized spacial score (nSPS) is 18.5. The Morgan fingerprint density at radius 1 is 1.24 bits per heavy atom. The van der Waals surface area contributed by atoms with Gasteiger partial charge in [0.25, 0.3) is 5.91 Å². The van der Waals surface area contributed by atoms with Crippen LogP contribution >= 0.6 is 0 Å². The van der Waals surface area contributed by atoms with Gasteiger partial charge in [0.1, 0.15) is 5.76 Å². The first-order valence-electron chi connectivity index (χ1n) is 10.9. The molecule has 0 bridgehead atoms. The lowest BCUT2D eigenvalue weighted by atomic mass is 9.85. The van der Waals surface area contributed by atoms with E-state index in [1.165, 1.54) is 55.5 Å². The second-order valence-corrected chi connectivity index (χ2v) is 8.27. The molecule has 1 amide bonds. The molecule has 5 nitrogen and oxygen atoms in total. The SMILES string of the molecule is CCN1CCC(c2ccc(NC(=O)c3cc(C)on3)c(C3=CCCCC3)c2)CC1. The lowest BCUT2D eigenvalue weighted by Crippen LogP contribution is -2.32. The Labute approximate surface area is 173 Å². The Morgan fingerprint density at radius 2 is 2.07 bits per heavy atom. The van der Waals surface area contributed by atoms with Crippen LogP contribution in [-0.4, -0.2) is 35.6 Å². The number of nitrogens with one attached hydrogen (secondary N) is 1. The average Bonchev–Trinajstić information content (AvgIpc) is 3.21. The quantitative estimate of drug-likeness (QED) is 0.740. The van der Waals surface area contributed by atoms with E-state index < -0.39 is 0 Å². The van der Waals surface area contributed by atoms with Gasteiger partial charge in [-0.1, -0.05) is 24.2 Å². The highest BCUT2D eigenvalue weighted by Crippen LogP contribution is 2.36. The second kappa shape index (κ2) is 8.95. The summed E-state index contributed by atoms with van der Waals surface area (Å²) >= 11 is 0. The van der Waals surface area contributed by atoms with Crippen LogP contribution in [0, 0.1) is 6.92 Å². The van der Waals surface area contributed by atoms with E-state index in [-0.39, 0.29) is 5.91 Å². The van der Waals surface area contributed by atoms with Crippen LogP contribution in [0.1, 0.15) is 78.7 Å². The number of benzene rings is 1. The molecule has 4 rings (SSSR count). The van der Waals surface area contributed by atoms with Crippen LogP contribution < -0.4 is 5.32 Å². The molecule has 1 aromatic heterocycles. The van der Waals surface area contributed by atoms with Gasteiger partial charge in [-0.15, -0.1) is 0 Å². The van der Waals surface area contributed by atoms with Crippen molar-refractivity contribution in [3.8, 4) is 0 Å². The lowest BCUT2D eigenvalue weighted by molar-refractivity contribution is 0.101. The highest BCUT2D eigenvalue weighted by Gasteiger charge is 2.22. The number of nitrogens with zero attached hydrogens (tertiary/aromatic N) is 2. The van der Waals surface area contributed by atoms with Gasteiger partial charge < -0.3 is 14.7 Å². The Morgan fingerprint density at radius 3 is 2.72 bits per heavy atom. The summed E-state index contributed by atoms with van der Waals surface area (Å²) in [7, 11) is 0. The summed E-state index contributed by atoms with van der Waals surface area (Å²) in [6.07, 6.45) is 9.40. The number of amides is 1. The summed E-state index contributed by atoms with van der Waals surface area (Å²) in [5.41, 5.74) is 5.13. The van der Waals surface area contributed by atoms with Crippen molar-refractivity contribution in [3.05, 3.63) is 52.9 Å². The van der Waals surface area contributed by atoms with E-state index in [2.05, 4.69) is 46.6 Å². The van der Waals surface area contributed by atoms with Crippen molar-refractivity contribution in [2.24, 2.45) is 0 Å². The average molecular weight is 394 g/mol. The number of aryl methyl sites for hydroxylation is 1. The van der Waals surface area contributed by atoms with Gasteiger partial charge in [0.2, 0.25) is 0 Å². The Kier molecular flexibility index (Phi) is 6.14. The number of hydrogen-bond acceptors (Lipinski definition) is 4. The number of carbonyl (C=O) groups is 1. The van der Waals surface area contributed by atoms with Crippen LogP contribution in [0.4, 0.5) is 5.69 Å². The highest BCUT2D eigenvalue weighted by molar-refractivity contribution is 6.04. The van der Waals surface area contributed by atoms with Gasteiger partial charge in [0.05, 0.1) is 0 Å². The largest absolute Gasteiger partial charge is 0.361 e. The molecule has 2 heterocycles. The summed E-state index contributed by atoms with van der Waals surface area (Å²) in [4.78, 5) is 15.2. The molecule has 1 aromatic carbocycles. The Bertz CT molecular complexity index is 891. The van der Waals surface area contributed by atoms with Gasteiger partial charge in [-0.05, 0) is 94.3 Å². The van der Waals surface area contributed by atoms with Crippen molar-refractivity contribution in [2.45, 2.75) is 58.3 Å². The van der Waals surface area contributed by atoms with Crippen molar-refractivity contribution >= 4 is 17.2 Å². The topological polar surface area (TPSA) is 58.4 Å². The van der Waals surface area contributed by atoms with Gasteiger partial charge in [-0.3, -0.25) is 4.79 Å².